The predicted octanol–water partition coefficient (Wildman–Crippen LogP) is 4.51. The van der Waals surface area contributed by atoms with Gasteiger partial charge in [-0.1, -0.05) is 48.0 Å². The Labute approximate surface area is 165 Å². The lowest BCUT2D eigenvalue weighted by atomic mass is 9.90. The van der Waals surface area contributed by atoms with Gasteiger partial charge in [0.1, 0.15) is 5.56 Å². The molecular weight excluding hydrogens is 376 g/mol. The summed E-state index contributed by atoms with van der Waals surface area (Å²) in [5.74, 6) is -1.47. The van der Waals surface area contributed by atoms with Crippen LogP contribution in [0.5, 0.6) is 0 Å². The molecular formula is C22H17ClN2O3. The summed E-state index contributed by atoms with van der Waals surface area (Å²) in [6, 6.07) is 18.3. The van der Waals surface area contributed by atoms with Gasteiger partial charge < -0.3 is 14.7 Å². The number of hydrogen-bond acceptors (Lipinski definition) is 2. The lowest BCUT2D eigenvalue weighted by Gasteiger charge is -2.20. The summed E-state index contributed by atoms with van der Waals surface area (Å²) in [4.78, 5) is 27.2. The average Bonchev–Trinajstić information content (AvgIpc) is 3.12. The summed E-state index contributed by atoms with van der Waals surface area (Å²) in [7, 11) is 0. The molecule has 1 unspecified atom stereocenters. The molecule has 0 radical (unpaired) electrons. The number of aromatic carboxylic acids is 1. The fourth-order valence-electron chi connectivity index (χ4n) is 3.54. The fraction of sp³-hybridized carbons (Fsp3) is 0.0909. The Kier molecular flexibility index (Phi) is 4.75. The SMILES string of the molecule is O=C(O)c1cccn(CC(c2ccccc2Cl)c2c[nH]c3ccccc23)c1=O. The number of nitrogens with zero attached hydrogens (tertiary/aromatic N) is 1. The molecule has 5 nitrogen and oxygen atoms in total. The molecule has 0 aliphatic rings. The Balaban J connectivity index is 1.88. The highest BCUT2D eigenvalue weighted by Gasteiger charge is 2.22. The number of hydrogen-bond donors (Lipinski definition) is 2. The summed E-state index contributed by atoms with van der Waals surface area (Å²) in [5.41, 5.74) is 2.07. The highest BCUT2D eigenvalue weighted by molar-refractivity contribution is 6.31. The molecule has 0 saturated heterocycles. The summed E-state index contributed by atoms with van der Waals surface area (Å²) >= 11 is 6.48. The number of carbonyl (C=O) groups is 1. The lowest BCUT2D eigenvalue weighted by Crippen LogP contribution is -2.28. The van der Waals surface area contributed by atoms with Crippen molar-refractivity contribution in [2.75, 3.05) is 0 Å². The molecule has 2 heterocycles. The molecule has 0 aliphatic carbocycles. The monoisotopic (exact) mass is 392 g/mol. The number of nitrogens with one attached hydrogen (secondary N) is 1. The summed E-state index contributed by atoms with van der Waals surface area (Å²) in [6.07, 6.45) is 3.53. The zero-order chi connectivity index (χ0) is 19.7. The van der Waals surface area contributed by atoms with Gasteiger partial charge in [0.2, 0.25) is 0 Å². The second kappa shape index (κ2) is 7.37. The van der Waals surface area contributed by atoms with E-state index in [1.807, 2.05) is 54.7 Å². The maximum absolute atomic E-state index is 12.6. The molecule has 2 aromatic heterocycles. The van der Waals surface area contributed by atoms with E-state index >= 15 is 0 Å². The maximum atomic E-state index is 12.6. The van der Waals surface area contributed by atoms with E-state index in [2.05, 4.69) is 4.98 Å². The summed E-state index contributed by atoms with van der Waals surface area (Å²) in [5, 5.41) is 10.9. The topological polar surface area (TPSA) is 75.1 Å². The number of aromatic nitrogens is 2. The molecule has 0 aliphatic heterocycles. The van der Waals surface area contributed by atoms with Crippen molar-refractivity contribution in [3.63, 3.8) is 0 Å². The second-order valence-electron chi connectivity index (χ2n) is 6.55. The van der Waals surface area contributed by atoms with Gasteiger partial charge in [-0.15, -0.1) is 0 Å². The van der Waals surface area contributed by atoms with Crippen LogP contribution < -0.4 is 5.56 Å². The van der Waals surface area contributed by atoms with Crippen LogP contribution in [0.2, 0.25) is 5.02 Å². The minimum Gasteiger partial charge on any atom is -0.477 e. The fourth-order valence-corrected chi connectivity index (χ4v) is 3.81. The second-order valence-corrected chi connectivity index (χ2v) is 6.96. The number of para-hydroxylation sites is 1. The molecule has 4 rings (SSSR count). The van der Waals surface area contributed by atoms with E-state index in [4.69, 9.17) is 11.6 Å². The van der Waals surface area contributed by atoms with Crippen molar-refractivity contribution < 1.29 is 9.90 Å². The number of carboxylic acid groups (broad SMARTS) is 1. The van der Waals surface area contributed by atoms with Gasteiger partial charge in [-0.3, -0.25) is 4.79 Å². The molecule has 1 atom stereocenters. The highest BCUT2D eigenvalue weighted by Crippen LogP contribution is 2.35. The van der Waals surface area contributed by atoms with E-state index in [1.165, 1.54) is 10.6 Å². The standard InChI is InChI=1S/C22H17ClN2O3/c23-19-9-3-1-6-14(19)18(17-12-24-20-10-4-2-7-15(17)20)13-25-11-5-8-16(21(25)26)22(27)28/h1-12,18,24H,13H2,(H,27,28). The van der Waals surface area contributed by atoms with Gasteiger partial charge in [-0.2, -0.15) is 0 Å². The van der Waals surface area contributed by atoms with Crippen LogP contribution in [0.3, 0.4) is 0 Å². The van der Waals surface area contributed by atoms with Gasteiger partial charge in [-0.25, -0.2) is 4.79 Å². The number of fused-ring (bicyclic) bond motifs is 1. The van der Waals surface area contributed by atoms with Crippen LogP contribution in [-0.4, -0.2) is 20.6 Å². The molecule has 4 aromatic rings. The van der Waals surface area contributed by atoms with Crippen molar-refractivity contribution in [1.82, 2.24) is 9.55 Å². The Morgan fingerprint density at radius 3 is 2.57 bits per heavy atom. The Hall–Kier alpha value is -3.31. The van der Waals surface area contributed by atoms with Crippen molar-refractivity contribution in [3.8, 4) is 0 Å². The van der Waals surface area contributed by atoms with Crippen LogP contribution in [-0.2, 0) is 6.54 Å². The number of halogens is 1. The Bertz CT molecular complexity index is 1230. The van der Waals surface area contributed by atoms with Crippen LogP contribution >= 0.6 is 11.6 Å². The summed E-state index contributed by atoms with van der Waals surface area (Å²) in [6.45, 7) is 0.269. The molecule has 28 heavy (non-hydrogen) atoms. The minimum absolute atomic E-state index is 0.230. The molecule has 2 N–H and O–H groups in total. The third-order valence-electron chi connectivity index (χ3n) is 4.91. The normalized spacial score (nSPS) is 12.2. The third kappa shape index (κ3) is 3.21. The first-order valence-corrected chi connectivity index (χ1v) is 9.17. The van der Waals surface area contributed by atoms with E-state index in [0.717, 1.165) is 22.0 Å². The Morgan fingerprint density at radius 2 is 1.79 bits per heavy atom. The van der Waals surface area contributed by atoms with Crippen LogP contribution in [0.25, 0.3) is 10.9 Å². The number of rotatable bonds is 5. The van der Waals surface area contributed by atoms with Crippen molar-refractivity contribution in [1.29, 1.82) is 0 Å². The first-order chi connectivity index (χ1) is 13.6. The van der Waals surface area contributed by atoms with Gasteiger partial charge in [0.15, 0.2) is 0 Å². The molecule has 0 fully saturated rings. The summed E-state index contributed by atoms with van der Waals surface area (Å²) < 4.78 is 1.43. The van der Waals surface area contributed by atoms with Crippen molar-refractivity contribution >= 4 is 28.5 Å². The van der Waals surface area contributed by atoms with Crippen LogP contribution in [0.15, 0.2) is 77.9 Å². The third-order valence-corrected chi connectivity index (χ3v) is 5.25. The highest BCUT2D eigenvalue weighted by atomic mass is 35.5. The minimum atomic E-state index is -1.24. The zero-order valence-corrected chi connectivity index (χ0v) is 15.6. The quantitative estimate of drug-likeness (QED) is 0.524. The molecule has 140 valence electrons. The number of H-pyrrole nitrogens is 1. The van der Waals surface area contributed by atoms with Crippen LogP contribution in [0.1, 0.15) is 27.4 Å². The largest absolute Gasteiger partial charge is 0.477 e. The molecule has 0 amide bonds. The molecule has 0 bridgehead atoms. The maximum Gasteiger partial charge on any atom is 0.341 e. The van der Waals surface area contributed by atoms with E-state index in [9.17, 15) is 14.7 Å². The van der Waals surface area contributed by atoms with Crippen molar-refractivity contribution in [3.05, 3.63) is 105 Å². The van der Waals surface area contributed by atoms with E-state index in [-0.39, 0.29) is 18.0 Å². The number of carboxylic acids is 1. The first-order valence-electron chi connectivity index (χ1n) is 8.79. The average molecular weight is 393 g/mol. The molecule has 6 heteroatoms. The van der Waals surface area contributed by atoms with Gasteiger partial charge in [0.25, 0.3) is 5.56 Å². The first kappa shape index (κ1) is 18.1. The number of benzene rings is 2. The van der Waals surface area contributed by atoms with E-state index < -0.39 is 11.5 Å². The lowest BCUT2D eigenvalue weighted by molar-refractivity contribution is 0.0694. The molecule has 2 aromatic carbocycles. The number of aromatic amines is 1. The molecule has 0 spiro atoms. The zero-order valence-electron chi connectivity index (χ0n) is 14.8. The van der Waals surface area contributed by atoms with Gasteiger partial charge in [0.05, 0.1) is 0 Å². The molecule has 0 saturated carbocycles. The van der Waals surface area contributed by atoms with Gasteiger partial charge in [-0.05, 0) is 35.4 Å². The van der Waals surface area contributed by atoms with Crippen molar-refractivity contribution in [2.24, 2.45) is 0 Å². The van der Waals surface area contributed by atoms with E-state index in [1.54, 1.807) is 12.3 Å². The predicted molar refractivity (Wildman–Crippen MR) is 109 cm³/mol. The van der Waals surface area contributed by atoms with E-state index in [0.29, 0.717) is 5.02 Å². The number of pyridine rings is 1. The van der Waals surface area contributed by atoms with Gasteiger partial charge >= 0.3 is 5.97 Å². The Morgan fingerprint density at radius 1 is 1.04 bits per heavy atom. The smallest absolute Gasteiger partial charge is 0.341 e. The van der Waals surface area contributed by atoms with Crippen LogP contribution in [0, 0.1) is 0 Å². The van der Waals surface area contributed by atoms with Crippen LogP contribution in [0.4, 0.5) is 0 Å². The van der Waals surface area contributed by atoms with Crippen molar-refractivity contribution in [2.45, 2.75) is 12.5 Å². The van der Waals surface area contributed by atoms with Gasteiger partial charge in [0, 0.05) is 40.8 Å².